The highest BCUT2D eigenvalue weighted by Crippen LogP contribution is 2.48. The molecule has 10 rings (SSSR count). The van der Waals surface area contributed by atoms with E-state index >= 15 is 0 Å². The number of para-hydroxylation sites is 4. The van der Waals surface area contributed by atoms with Crippen molar-refractivity contribution in [2.24, 2.45) is 0 Å². The Bertz CT molecular complexity index is 3010. The zero-order valence-electron chi connectivity index (χ0n) is 29.4. The highest BCUT2D eigenvalue weighted by atomic mass is 16.3. The third kappa shape index (κ3) is 4.19. The zero-order chi connectivity index (χ0) is 35.0. The van der Waals surface area contributed by atoms with Gasteiger partial charge >= 0.3 is 0 Å². The molecule has 0 N–H and O–H groups in total. The van der Waals surface area contributed by atoms with Gasteiger partial charge in [-0.3, -0.25) is 4.57 Å². The summed E-state index contributed by atoms with van der Waals surface area (Å²) in [5, 5.41) is 6.46. The van der Waals surface area contributed by atoms with E-state index < -0.39 is 6.85 Å². The van der Waals surface area contributed by atoms with Crippen molar-refractivity contribution < 1.29 is 8.53 Å². The quantitative estimate of drug-likeness (QED) is 0.181. The van der Waals surface area contributed by atoms with Gasteiger partial charge < -0.3 is 4.42 Å². The Hall–Kier alpha value is -6.45. The average Bonchev–Trinajstić information content (AvgIpc) is 3.77. The molecule has 0 aliphatic carbocycles. The van der Waals surface area contributed by atoms with Crippen molar-refractivity contribution >= 4 is 54.5 Å². The Labute approximate surface area is 287 Å². The topological polar surface area (TPSA) is 31.0 Å². The number of hydrogen-bond acceptors (Lipinski definition) is 2. The smallest absolute Gasteiger partial charge is 0.136 e. The Morgan fingerprint density at radius 3 is 2.02 bits per heavy atom. The summed E-state index contributed by atoms with van der Waals surface area (Å²) in [7, 11) is 0. The number of fused-ring (bicyclic) bond motifs is 6. The van der Waals surface area contributed by atoms with Gasteiger partial charge in [0.1, 0.15) is 17.0 Å². The van der Waals surface area contributed by atoms with Gasteiger partial charge in [-0.15, -0.1) is 0 Å². The van der Waals surface area contributed by atoms with Crippen LogP contribution in [0, 0.1) is 6.85 Å². The first kappa shape index (κ1) is 24.7. The summed E-state index contributed by atoms with van der Waals surface area (Å²) in [4.78, 5) is 4.66. The number of hydrogen-bond donors (Lipinski definition) is 0. The molecular weight excluding hydrogens is 597 g/mol. The summed E-state index contributed by atoms with van der Waals surface area (Å²) in [6, 6.07) is 56.0. The van der Waals surface area contributed by atoms with Crippen LogP contribution in [0.15, 0.2) is 168 Å². The molecule has 0 amide bonds. The van der Waals surface area contributed by atoms with E-state index in [0.29, 0.717) is 5.52 Å². The first-order chi connectivity index (χ1) is 25.5. The molecule has 2 heterocycles. The van der Waals surface area contributed by atoms with Crippen LogP contribution >= 0.6 is 0 Å². The van der Waals surface area contributed by atoms with Crippen molar-refractivity contribution in [1.82, 2.24) is 9.55 Å². The van der Waals surface area contributed by atoms with Crippen LogP contribution in [0.3, 0.4) is 0 Å². The number of rotatable bonds is 4. The van der Waals surface area contributed by atoms with Crippen LogP contribution in [0.2, 0.25) is 0 Å². The summed E-state index contributed by atoms with van der Waals surface area (Å²) < 4.78 is 33.8. The Kier molecular flexibility index (Phi) is 5.44. The van der Waals surface area contributed by atoms with Gasteiger partial charge in [0.15, 0.2) is 0 Å². The maximum absolute atomic E-state index is 8.51. The minimum Gasteiger partial charge on any atom is -0.456 e. The lowest BCUT2D eigenvalue weighted by Crippen LogP contribution is -2.01. The summed E-state index contributed by atoms with van der Waals surface area (Å²) >= 11 is 0. The molecule has 8 aromatic carbocycles. The first-order valence-electron chi connectivity index (χ1n) is 18.0. The van der Waals surface area contributed by atoms with Crippen LogP contribution in [0.25, 0.3) is 93.6 Å². The van der Waals surface area contributed by atoms with Crippen LogP contribution in [0.5, 0.6) is 0 Å². The van der Waals surface area contributed by atoms with E-state index in [1.807, 2.05) is 71.3 Å². The molecule has 3 nitrogen and oxygen atoms in total. The lowest BCUT2D eigenvalue weighted by molar-refractivity contribution is 0.669. The number of nitrogens with zero attached hydrogens (tertiary/aromatic N) is 2. The van der Waals surface area contributed by atoms with Crippen LogP contribution in [-0.4, -0.2) is 9.55 Å². The summed E-state index contributed by atoms with van der Waals surface area (Å²) in [6.45, 7) is -2.43. The molecule has 0 saturated carbocycles. The fraction of sp³-hybridized carbons (Fsp3) is 0.0217. The van der Waals surface area contributed by atoms with Gasteiger partial charge in [-0.05, 0) is 92.6 Å². The molecule has 0 bridgehead atoms. The number of furan rings is 1. The van der Waals surface area contributed by atoms with E-state index in [0.717, 1.165) is 88.1 Å². The number of aryl methyl sites for hydroxylation is 1. The molecule has 0 aliphatic rings. The highest BCUT2D eigenvalue weighted by Gasteiger charge is 2.23. The van der Waals surface area contributed by atoms with E-state index in [9.17, 15) is 0 Å². The van der Waals surface area contributed by atoms with Crippen molar-refractivity contribution in [3.05, 3.63) is 170 Å². The molecule has 10 aromatic rings. The van der Waals surface area contributed by atoms with Crippen molar-refractivity contribution in [2.45, 2.75) is 6.85 Å². The maximum atomic E-state index is 8.51. The molecule has 0 fully saturated rings. The predicted octanol–water partition coefficient (Wildman–Crippen LogP) is 12.5. The fourth-order valence-corrected chi connectivity index (χ4v) is 7.70. The van der Waals surface area contributed by atoms with E-state index in [2.05, 4.69) is 102 Å². The minimum atomic E-state index is -2.43. The van der Waals surface area contributed by atoms with Crippen LogP contribution in [-0.2, 0) is 0 Å². The molecular formula is C46H30N2O. The van der Waals surface area contributed by atoms with Gasteiger partial charge in [-0.1, -0.05) is 127 Å². The molecule has 49 heavy (non-hydrogen) atoms. The molecule has 0 radical (unpaired) electrons. The Balaban J connectivity index is 1.37. The first-order valence-corrected chi connectivity index (χ1v) is 16.5. The Morgan fingerprint density at radius 2 is 1.16 bits per heavy atom. The zero-order valence-corrected chi connectivity index (χ0v) is 26.4. The van der Waals surface area contributed by atoms with Crippen molar-refractivity contribution in [3.8, 4) is 39.1 Å². The molecule has 0 atom stereocenters. The second-order valence-corrected chi connectivity index (χ2v) is 12.5. The van der Waals surface area contributed by atoms with Crippen LogP contribution < -0.4 is 0 Å². The molecule has 2 aromatic heterocycles. The molecule has 3 heteroatoms. The van der Waals surface area contributed by atoms with Gasteiger partial charge in [0.25, 0.3) is 0 Å². The molecule has 0 aliphatic heterocycles. The molecule has 0 saturated heterocycles. The number of aromatic nitrogens is 2. The predicted molar refractivity (Wildman–Crippen MR) is 204 cm³/mol. The minimum absolute atomic E-state index is 0.0382. The van der Waals surface area contributed by atoms with Gasteiger partial charge in [-0.25, -0.2) is 4.98 Å². The van der Waals surface area contributed by atoms with E-state index in [-0.39, 0.29) is 5.82 Å². The maximum Gasteiger partial charge on any atom is 0.136 e. The van der Waals surface area contributed by atoms with Crippen LogP contribution in [0.4, 0.5) is 0 Å². The lowest BCUT2D eigenvalue weighted by Gasteiger charge is -2.21. The van der Waals surface area contributed by atoms with Gasteiger partial charge in [0, 0.05) is 20.4 Å². The van der Waals surface area contributed by atoms with Crippen molar-refractivity contribution in [1.29, 1.82) is 0 Å². The monoisotopic (exact) mass is 629 g/mol. The number of imidazole rings is 1. The van der Waals surface area contributed by atoms with Crippen molar-refractivity contribution in [3.63, 3.8) is 0 Å². The highest BCUT2D eigenvalue weighted by molar-refractivity contribution is 6.26. The summed E-state index contributed by atoms with van der Waals surface area (Å²) in [5.74, 6) is 0.0382. The Morgan fingerprint density at radius 1 is 0.510 bits per heavy atom. The third-order valence-corrected chi connectivity index (χ3v) is 9.78. The molecule has 0 unspecified atom stereocenters. The normalized spacial score (nSPS) is 12.9. The number of benzene rings is 8. The van der Waals surface area contributed by atoms with Crippen LogP contribution in [0.1, 0.15) is 9.94 Å². The third-order valence-electron chi connectivity index (χ3n) is 9.78. The standard InChI is InChI=1S/C46H30N2O/c1-29-47-39-21-9-11-23-41(39)48(29)40-22-10-7-18-35(40)44-32-16-5-6-17-33(32)45(38-28-31(26-27-34(38)44)30-14-3-2-4-15-30)37-20-13-25-43-46(37)36-19-8-12-24-42(36)49-43/h2-28H,1H3/i1D3. The van der Waals surface area contributed by atoms with E-state index in [4.69, 9.17) is 8.53 Å². The lowest BCUT2D eigenvalue weighted by atomic mass is 9.83. The van der Waals surface area contributed by atoms with Crippen molar-refractivity contribution in [2.75, 3.05) is 0 Å². The fourth-order valence-electron chi connectivity index (χ4n) is 7.70. The second-order valence-electron chi connectivity index (χ2n) is 12.5. The summed E-state index contributed by atoms with van der Waals surface area (Å²) in [5.41, 5.74) is 10.3. The second kappa shape index (κ2) is 10.8. The summed E-state index contributed by atoms with van der Waals surface area (Å²) in [6.07, 6.45) is 0. The van der Waals surface area contributed by atoms with Gasteiger partial charge in [0.05, 0.1) is 16.7 Å². The largest absolute Gasteiger partial charge is 0.456 e. The molecule has 0 spiro atoms. The van der Waals surface area contributed by atoms with E-state index in [1.54, 1.807) is 0 Å². The van der Waals surface area contributed by atoms with Gasteiger partial charge in [-0.2, -0.15) is 0 Å². The van der Waals surface area contributed by atoms with Gasteiger partial charge in [0.2, 0.25) is 0 Å². The molecule has 230 valence electrons. The average molecular weight is 630 g/mol. The SMILES string of the molecule is [2H]C([2H])([2H])c1nc2ccccc2n1-c1ccccc1-c1c2ccccc2c(-c2cccc3oc4ccccc4c23)c2cc(-c3ccccc3)ccc12. The van der Waals surface area contributed by atoms with E-state index in [1.165, 1.54) is 0 Å².